The van der Waals surface area contributed by atoms with E-state index in [1.165, 1.54) is 0 Å². The molecule has 12 heavy (non-hydrogen) atoms. The molecule has 0 aromatic carbocycles. The van der Waals surface area contributed by atoms with Crippen LogP contribution in [0.1, 0.15) is 12.8 Å². The highest BCUT2D eigenvalue weighted by Crippen LogP contribution is 2.14. The summed E-state index contributed by atoms with van der Waals surface area (Å²) in [5, 5.41) is 17.7. The van der Waals surface area contributed by atoms with E-state index in [1.54, 1.807) is 6.08 Å². The van der Waals surface area contributed by atoms with E-state index in [2.05, 4.69) is 0 Å². The van der Waals surface area contributed by atoms with E-state index in [1.807, 2.05) is 18.2 Å². The molecule has 0 bridgehead atoms. The van der Waals surface area contributed by atoms with E-state index < -0.39 is 6.10 Å². The van der Waals surface area contributed by atoms with E-state index in [9.17, 15) is 5.11 Å². The van der Waals surface area contributed by atoms with E-state index in [-0.39, 0.29) is 6.42 Å². The SMILES string of the molecule is N#CCC(O)C1=CC(=S)CC=C1. The van der Waals surface area contributed by atoms with Gasteiger partial charge in [0.15, 0.2) is 0 Å². The summed E-state index contributed by atoms with van der Waals surface area (Å²) in [6.07, 6.45) is 5.68. The maximum Gasteiger partial charge on any atom is 0.0920 e. The van der Waals surface area contributed by atoms with Gasteiger partial charge in [0.05, 0.1) is 18.6 Å². The highest BCUT2D eigenvalue weighted by Gasteiger charge is 2.10. The number of rotatable bonds is 2. The van der Waals surface area contributed by atoms with Gasteiger partial charge in [0, 0.05) is 11.3 Å². The monoisotopic (exact) mass is 179 g/mol. The molecule has 1 atom stereocenters. The first-order chi connectivity index (χ1) is 5.74. The number of aliphatic hydroxyl groups excluding tert-OH is 1. The molecule has 0 saturated carbocycles. The third-order valence-corrected chi connectivity index (χ3v) is 1.91. The zero-order valence-electron chi connectivity index (χ0n) is 6.53. The lowest BCUT2D eigenvalue weighted by molar-refractivity contribution is 0.220. The Bertz CT molecular complexity index is 285. The summed E-state index contributed by atoms with van der Waals surface area (Å²) in [5.74, 6) is 0. The summed E-state index contributed by atoms with van der Waals surface area (Å²) in [5.41, 5.74) is 0.743. The molecule has 0 fully saturated rings. The lowest BCUT2D eigenvalue weighted by atomic mass is 10.0. The minimum absolute atomic E-state index is 0.124. The molecule has 3 heteroatoms. The number of thiocarbonyl (C=S) groups is 1. The Kier molecular flexibility index (Phi) is 3.15. The van der Waals surface area contributed by atoms with Crippen LogP contribution in [0, 0.1) is 11.3 Å². The number of allylic oxidation sites excluding steroid dienone is 2. The molecule has 0 amide bonds. The van der Waals surface area contributed by atoms with Crippen molar-refractivity contribution in [2.45, 2.75) is 18.9 Å². The maximum atomic E-state index is 9.39. The predicted octanol–water partition coefficient (Wildman–Crippen LogP) is 1.52. The smallest absolute Gasteiger partial charge is 0.0920 e. The number of hydrogen-bond donors (Lipinski definition) is 1. The van der Waals surface area contributed by atoms with Crippen LogP contribution in [0.4, 0.5) is 0 Å². The zero-order chi connectivity index (χ0) is 8.97. The first-order valence-electron chi connectivity index (χ1n) is 3.70. The van der Waals surface area contributed by atoms with Crippen molar-refractivity contribution in [1.29, 1.82) is 5.26 Å². The second-order valence-corrected chi connectivity index (χ2v) is 3.12. The van der Waals surface area contributed by atoms with E-state index >= 15 is 0 Å². The van der Waals surface area contributed by atoms with Crippen LogP contribution in [-0.4, -0.2) is 16.1 Å². The van der Waals surface area contributed by atoms with Gasteiger partial charge in [-0.05, 0) is 11.6 Å². The summed E-state index contributed by atoms with van der Waals surface area (Å²) in [6, 6.07) is 1.91. The second kappa shape index (κ2) is 4.15. The molecule has 0 aliphatic heterocycles. The number of nitrogens with zero attached hydrogens (tertiary/aromatic N) is 1. The highest BCUT2D eigenvalue weighted by atomic mass is 32.1. The van der Waals surface area contributed by atoms with Crippen LogP contribution in [0.2, 0.25) is 0 Å². The fourth-order valence-corrected chi connectivity index (χ4v) is 1.25. The van der Waals surface area contributed by atoms with E-state index in [0.717, 1.165) is 16.9 Å². The molecular weight excluding hydrogens is 170 g/mol. The Hall–Kier alpha value is -0.980. The van der Waals surface area contributed by atoms with Crippen LogP contribution >= 0.6 is 12.2 Å². The molecule has 1 N–H and O–H groups in total. The fraction of sp³-hybridized carbons (Fsp3) is 0.333. The average Bonchev–Trinajstić information content (AvgIpc) is 2.05. The number of aliphatic hydroxyl groups is 1. The van der Waals surface area contributed by atoms with Crippen molar-refractivity contribution in [3.63, 3.8) is 0 Å². The van der Waals surface area contributed by atoms with Gasteiger partial charge in [0.2, 0.25) is 0 Å². The van der Waals surface area contributed by atoms with Crippen LogP contribution in [0.5, 0.6) is 0 Å². The maximum absolute atomic E-state index is 9.39. The first kappa shape index (κ1) is 9.11. The van der Waals surface area contributed by atoms with Crippen molar-refractivity contribution < 1.29 is 5.11 Å². The molecule has 1 aliphatic rings. The van der Waals surface area contributed by atoms with Gasteiger partial charge in [-0.3, -0.25) is 0 Å². The normalized spacial score (nSPS) is 18.3. The van der Waals surface area contributed by atoms with Gasteiger partial charge in [-0.2, -0.15) is 5.26 Å². The highest BCUT2D eigenvalue weighted by molar-refractivity contribution is 7.80. The predicted molar refractivity (Wildman–Crippen MR) is 50.7 cm³/mol. The summed E-state index contributed by atoms with van der Waals surface area (Å²) in [6.45, 7) is 0. The Morgan fingerprint density at radius 3 is 3.08 bits per heavy atom. The second-order valence-electron chi connectivity index (χ2n) is 2.60. The van der Waals surface area contributed by atoms with E-state index in [0.29, 0.717) is 0 Å². The molecule has 0 spiro atoms. The molecule has 1 unspecified atom stereocenters. The summed E-state index contributed by atoms with van der Waals surface area (Å²) >= 11 is 4.96. The third-order valence-electron chi connectivity index (χ3n) is 1.63. The van der Waals surface area contributed by atoms with Crippen LogP contribution in [0.25, 0.3) is 0 Å². The molecule has 0 aromatic rings. The largest absolute Gasteiger partial charge is 0.387 e. The summed E-state index contributed by atoms with van der Waals surface area (Å²) < 4.78 is 0. The Labute approximate surface area is 76.8 Å². The van der Waals surface area contributed by atoms with Gasteiger partial charge in [-0.15, -0.1) is 0 Å². The molecule has 2 nitrogen and oxygen atoms in total. The van der Waals surface area contributed by atoms with Crippen LogP contribution in [0.3, 0.4) is 0 Å². The number of nitriles is 1. The minimum Gasteiger partial charge on any atom is -0.387 e. The van der Waals surface area contributed by atoms with Gasteiger partial charge < -0.3 is 5.11 Å². The zero-order valence-corrected chi connectivity index (χ0v) is 7.34. The van der Waals surface area contributed by atoms with Gasteiger partial charge in [0.1, 0.15) is 0 Å². The third kappa shape index (κ3) is 2.26. The molecular formula is C9H9NOS. The van der Waals surface area contributed by atoms with Crippen molar-refractivity contribution >= 4 is 17.1 Å². The summed E-state index contributed by atoms with van der Waals surface area (Å²) in [4.78, 5) is 0.810. The lowest BCUT2D eigenvalue weighted by Gasteiger charge is -2.11. The topological polar surface area (TPSA) is 44.0 Å². The van der Waals surface area contributed by atoms with Crippen molar-refractivity contribution in [3.05, 3.63) is 23.8 Å². The standard InChI is InChI=1S/C9H9NOS/c10-5-4-9(11)7-2-1-3-8(12)6-7/h1-2,6,9,11H,3-4H2. The first-order valence-corrected chi connectivity index (χ1v) is 4.11. The van der Waals surface area contributed by atoms with Gasteiger partial charge in [0.25, 0.3) is 0 Å². The Morgan fingerprint density at radius 2 is 2.50 bits per heavy atom. The van der Waals surface area contributed by atoms with Crippen LogP contribution in [-0.2, 0) is 0 Å². The Balaban J connectivity index is 2.69. The quantitative estimate of drug-likeness (QED) is 0.653. The average molecular weight is 179 g/mol. The molecule has 0 aromatic heterocycles. The molecule has 62 valence electrons. The van der Waals surface area contributed by atoms with Crippen molar-refractivity contribution in [2.24, 2.45) is 0 Å². The van der Waals surface area contributed by atoms with Crippen molar-refractivity contribution in [1.82, 2.24) is 0 Å². The van der Waals surface area contributed by atoms with Crippen LogP contribution in [0.15, 0.2) is 23.8 Å². The fourth-order valence-electron chi connectivity index (χ4n) is 1.02. The molecule has 1 rings (SSSR count). The van der Waals surface area contributed by atoms with Crippen LogP contribution < -0.4 is 0 Å². The summed E-state index contributed by atoms with van der Waals surface area (Å²) in [7, 11) is 0. The van der Waals surface area contributed by atoms with Gasteiger partial charge in [-0.1, -0.05) is 24.4 Å². The molecule has 1 aliphatic carbocycles. The minimum atomic E-state index is -0.690. The van der Waals surface area contributed by atoms with Crippen molar-refractivity contribution in [3.8, 4) is 6.07 Å². The number of hydrogen-bond acceptors (Lipinski definition) is 3. The van der Waals surface area contributed by atoms with Gasteiger partial charge in [-0.25, -0.2) is 0 Å². The molecule has 0 heterocycles. The van der Waals surface area contributed by atoms with Gasteiger partial charge >= 0.3 is 0 Å². The molecule has 0 radical (unpaired) electrons. The molecule has 0 saturated heterocycles. The Morgan fingerprint density at radius 1 is 1.75 bits per heavy atom. The lowest BCUT2D eigenvalue weighted by Crippen LogP contribution is -2.11. The van der Waals surface area contributed by atoms with E-state index in [4.69, 9.17) is 17.5 Å². The van der Waals surface area contributed by atoms with Crippen molar-refractivity contribution in [2.75, 3.05) is 0 Å².